The van der Waals surface area contributed by atoms with Crippen LogP contribution in [0.3, 0.4) is 0 Å². The second kappa shape index (κ2) is 6.44. The Balaban J connectivity index is 1.63. The molecule has 0 radical (unpaired) electrons. The van der Waals surface area contributed by atoms with Gasteiger partial charge in [-0.3, -0.25) is 0 Å². The van der Waals surface area contributed by atoms with Crippen molar-refractivity contribution in [3.63, 3.8) is 0 Å². The Bertz CT molecular complexity index is 963. The fraction of sp³-hybridized carbons (Fsp3) is 0.136. The summed E-state index contributed by atoms with van der Waals surface area (Å²) in [6.07, 6.45) is 4.08. The summed E-state index contributed by atoms with van der Waals surface area (Å²) >= 11 is 0. The van der Waals surface area contributed by atoms with E-state index in [0.29, 0.717) is 6.61 Å². The summed E-state index contributed by atoms with van der Waals surface area (Å²) in [5.74, 6) is 0.955. The van der Waals surface area contributed by atoms with E-state index in [1.807, 2.05) is 47.0 Å². The molecule has 0 bridgehead atoms. The van der Waals surface area contributed by atoms with E-state index < -0.39 is 0 Å². The van der Waals surface area contributed by atoms with Crippen LogP contribution in [0.25, 0.3) is 16.9 Å². The highest BCUT2D eigenvalue weighted by Crippen LogP contribution is 2.30. The van der Waals surface area contributed by atoms with E-state index in [0.717, 1.165) is 33.8 Å². The fourth-order valence-corrected chi connectivity index (χ4v) is 3.13. The van der Waals surface area contributed by atoms with Crippen LogP contribution in [0.2, 0.25) is 0 Å². The van der Waals surface area contributed by atoms with Gasteiger partial charge in [0.25, 0.3) is 0 Å². The van der Waals surface area contributed by atoms with Gasteiger partial charge in [-0.2, -0.15) is 0 Å². The van der Waals surface area contributed by atoms with Crippen LogP contribution in [-0.4, -0.2) is 9.38 Å². The predicted molar refractivity (Wildman–Crippen MR) is 101 cm³/mol. The molecule has 0 spiro atoms. The van der Waals surface area contributed by atoms with Gasteiger partial charge >= 0.3 is 0 Å². The molecule has 4 aromatic rings. The van der Waals surface area contributed by atoms with Gasteiger partial charge in [-0.15, -0.1) is 0 Å². The summed E-state index contributed by atoms with van der Waals surface area (Å²) in [5.41, 5.74) is 6.48. The molecular formula is C22H20N2O. The van der Waals surface area contributed by atoms with Crippen LogP contribution in [0, 0.1) is 13.8 Å². The minimum atomic E-state index is 0.580. The number of benzene rings is 2. The van der Waals surface area contributed by atoms with Gasteiger partial charge in [0.1, 0.15) is 18.0 Å². The highest BCUT2D eigenvalue weighted by Gasteiger charge is 2.10. The number of fused-ring (bicyclic) bond motifs is 1. The highest BCUT2D eigenvalue weighted by atomic mass is 16.5. The van der Waals surface area contributed by atoms with Crippen LogP contribution < -0.4 is 4.74 Å². The minimum absolute atomic E-state index is 0.580. The molecule has 124 valence electrons. The zero-order valence-electron chi connectivity index (χ0n) is 14.4. The fourth-order valence-electron chi connectivity index (χ4n) is 3.13. The quantitative estimate of drug-likeness (QED) is 0.515. The zero-order chi connectivity index (χ0) is 17.2. The van der Waals surface area contributed by atoms with E-state index in [9.17, 15) is 0 Å². The molecule has 3 nitrogen and oxygen atoms in total. The molecule has 25 heavy (non-hydrogen) atoms. The molecule has 0 aliphatic rings. The Morgan fingerprint density at radius 3 is 2.36 bits per heavy atom. The Hall–Kier alpha value is -3.07. The largest absolute Gasteiger partial charge is 0.488 e. The summed E-state index contributed by atoms with van der Waals surface area (Å²) in [5, 5.41) is 0. The molecular weight excluding hydrogens is 308 g/mol. The van der Waals surface area contributed by atoms with Crippen LogP contribution in [0.5, 0.6) is 5.75 Å². The van der Waals surface area contributed by atoms with Gasteiger partial charge in [-0.25, -0.2) is 4.98 Å². The number of hydrogen-bond donors (Lipinski definition) is 0. The third-order valence-corrected chi connectivity index (χ3v) is 4.35. The number of ether oxygens (including phenoxy) is 1. The lowest BCUT2D eigenvalue weighted by molar-refractivity contribution is 0.302. The molecule has 0 fully saturated rings. The number of pyridine rings is 1. The number of hydrogen-bond acceptors (Lipinski definition) is 2. The average molecular weight is 328 g/mol. The van der Waals surface area contributed by atoms with Crippen molar-refractivity contribution in [2.45, 2.75) is 20.5 Å². The van der Waals surface area contributed by atoms with Crippen LogP contribution in [0.15, 0.2) is 73.1 Å². The third kappa shape index (κ3) is 3.13. The first kappa shape index (κ1) is 15.5. The second-order valence-electron chi connectivity index (χ2n) is 6.31. The van der Waals surface area contributed by atoms with Crippen molar-refractivity contribution in [2.24, 2.45) is 0 Å². The summed E-state index contributed by atoms with van der Waals surface area (Å²) in [6, 6.07) is 20.6. The number of nitrogens with zero attached hydrogens (tertiary/aromatic N) is 2. The molecule has 0 saturated carbocycles. The first-order valence-electron chi connectivity index (χ1n) is 8.43. The minimum Gasteiger partial charge on any atom is -0.488 e. The number of imidazole rings is 1. The van der Waals surface area contributed by atoms with Gasteiger partial charge in [0, 0.05) is 18.0 Å². The van der Waals surface area contributed by atoms with E-state index >= 15 is 0 Å². The van der Waals surface area contributed by atoms with Crippen molar-refractivity contribution in [3.8, 4) is 17.0 Å². The maximum Gasteiger partial charge on any atom is 0.137 e. The number of rotatable bonds is 4. The average Bonchev–Trinajstić information content (AvgIpc) is 3.06. The molecule has 0 aliphatic carbocycles. The van der Waals surface area contributed by atoms with Crippen molar-refractivity contribution in [1.82, 2.24) is 9.38 Å². The van der Waals surface area contributed by atoms with Crippen LogP contribution >= 0.6 is 0 Å². The molecule has 2 aromatic heterocycles. The van der Waals surface area contributed by atoms with E-state index in [4.69, 9.17) is 9.72 Å². The van der Waals surface area contributed by atoms with Gasteiger partial charge in [0.15, 0.2) is 0 Å². The summed E-state index contributed by atoms with van der Waals surface area (Å²) in [7, 11) is 0. The first-order valence-corrected chi connectivity index (χ1v) is 8.43. The zero-order valence-corrected chi connectivity index (χ0v) is 14.4. The van der Waals surface area contributed by atoms with Crippen molar-refractivity contribution < 1.29 is 4.74 Å². The van der Waals surface area contributed by atoms with E-state index in [1.54, 1.807) is 0 Å². The maximum atomic E-state index is 6.08. The molecule has 0 N–H and O–H groups in total. The standard InChI is InChI=1S/C22H20N2O/c1-16-12-19(20-14-24-11-7-6-10-21(24)23-20)13-17(2)22(16)25-15-18-8-4-3-5-9-18/h3-14H,15H2,1-2H3. The van der Waals surface area contributed by atoms with Gasteiger partial charge in [-0.05, 0) is 54.8 Å². The molecule has 0 saturated heterocycles. The van der Waals surface area contributed by atoms with Gasteiger partial charge in [0.05, 0.1) is 5.69 Å². The molecule has 2 aromatic carbocycles. The van der Waals surface area contributed by atoms with Crippen molar-refractivity contribution in [3.05, 3.63) is 89.7 Å². The molecule has 2 heterocycles. The lowest BCUT2D eigenvalue weighted by Gasteiger charge is -2.13. The number of aryl methyl sites for hydroxylation is 2. The summed E-state index contributed by atoms with van der Waals surface area (Å²) in [6.45, 7) is 4.76. The molecule has 0 aliphatic heterocycles. The van der Waals surface area contributed by atoms with Crippen LogP contribution in [0.4, 0.5) is 0 Å². The van der Waals surface area contributed by atoms with Crippen molar-refractivity contribution in [2.75, 3.05) is 0 Å². The normalized spacial score (nSPS) is 11.0. The lowest BCUT2D eigenvalue weighted by atomic mass is 10.0. The Kier molecular flexibility index (Phi) is 3.98. The van der Waals surface area contributed by atoms with Crippen molar-refractivity contribution in [1.29, 1.82) is 0 Å². The molecule has 0 unspecified atom stereocenters. The summed E-state index contributed by atoms with van der Waals surface area (Å²) in [4.78, 5) is 4.71. The topological polar surface area (TPSA) is 26.5 Å². The maximum absolute atomic E-state index is 6.08. The van der Waals surface area contributed by atoms with E-state index in [1.165, 1.54) is 5.56 Å². The van der Waals surface area contributed by atoms with Crippen LogP contribution in [-0.2, 0) is 6.61 Å². The molecule has 0 atom stereocenters. The Morgan fingerprint density at radius 1 is 0.920 bits per heavy atom. The Morgan fingerprint density at radius 2 is 1.64 bits per heavy atom. The second-order valence-corrected chi connectivity index (χ2v) is 6.31. The van der Waals surface area contributed by atoms with Crippen LogP contribution in [0.1, 0.15) is 16.7 Å². The first-order chi connectivity index (χ1) is 12.2. The third-order valence-electron chi connectivity index (χ3n) is 4.35. The van der Waals surface area contributed by atoms with Gasteiger partial charge < -0.3 is 9.14 Å². The highest BCUT2D eigenvalue weighted by molar-refractivity contribution is 5.66. The lowest BCUT2D eigenvalue weighted by Crippen LogP contribution is -1.99. The monoisotopic (exact) mass is 328 g/mol. The Labute approximate surface area is 147 Å². The van der Waals surface area contributed by atoms with E-state index in [2.05, 4.69) is 44.3 Å². The molecule has 4 rings (SSSR count). The predicted octanol–water partition coefficient (Wildman–Crippen LogP) is 5.20. The van der Waals surface area contributed by atoms with Gasteiger partial charge in [0.2, 0.25) is 0 Å². The SMILES string of the molecule is Cc1cc(-c2cn3ccccc3n2)cc(C)c1OCc1ccccc1. The number of aromatic nitrogens is 2. The smallest absolute Gasteiger partial charge is 0.137 e. The molecule has 3 heteroatoms. The van der Waals surface area contributed by atoms with Crippen molar-refractivity contribution >= 4 is 5.65 Å². The molecule has 0 amide bonds. The van der Waals surface area contributed by atoms with Gasteiger partial charge in [-0.1, -0.05) is 36.4 Å². The van der Waals surface area contributed by atoms with E-state index in [-0.39, 0.29) is 0 Å². The summed E-state index contributed by atoms with van der Waals surface area (Å²) < 4.78 is 8.12.